The van der Waals surface area contributed by atoms with Crippen molar-refractivity contribution in [1.29, 1.82) is 0 Å². The lowest BCUT2D eigenvalue weighted by atomic mass is 10.0. The molecule has 0 aliphatic heterocycles. The molecule has 0 bridgehead atoms. The first kappa shape index (κ1) is 20.8. The quantitative estimate of drug-likeness (QED) is 0.368. The van der Waals surface area contributed by atoms with Crippen LogP contribution in [0, 0.1) is 0 Å². The maximum atomic E-state index is 13.3. The maximum absolute atomic E-state index is 13.3. The molecule has 0 aliphatic carbocycles. The molecular formula is C28H22N6O. The Hall–Kier alpha value is -4.78. The van der Waals surface area contributed by atoms with Crippen molar-refractivity contribution < 1.29 is 0 Å². The second-order valence-electron chi connectivity index (χ2n) is 8.29. The molecule has 6 aromatic rings. The molecule has 3 heterocycles. The molecule has 0 fully saturated rings. The van der Waals surface area contributed by atoms with Gasteiger partial charge in [-0.15, -0.1) is 0 Å². The first-order valence-electron chi connectivity index (χ1n) is 11.5. The van der Waals surface area contributed by atoms with Crippen LogP contribution in [-0.2, 0) is 6.42 Å². The van der Waals surface area contributed by atoms with Crippen LogP contribution in [-0.4, -0.2) is 31.3 Å². The van der Waals surface area contributed by atoms with E-state index < -0.39 is 0 Å². The standard InChI is InChI=1S/C28H22N6O/c35-27-24-18-31-33-25(24)23-17-30-28(32-26(23)34(27)22-9-5-2-6-10-22)29-16-15-19-11-13-21(14-12-19)20-7-3-1-4-8-20/h1-14,17-18H,15-16H2,(H,31,33)(H,29,30,32). The first-order chi connectivity index (χ1) is 17.3. The van der Waals surface area contributed by atoms with E-state index in [1.807, 2.05) is 48.5 Å². The van der Waals surface area contributed by atoms with Crippen LogP contribution in [0.15, 0.2) is 102 Å². The number of nitrogens with zero attached hydrogens (tertiary/aromatic N) is 4. The molecule has 0 unspecified atom stereocenters. The summed E-state index contributed by atoms with van der Waals surface area (Å²) in [6, 6.07) is 28.4. The van der Waals surface area contributed by atoms with E-state index in [0.29, 0.717) is 34.4 Å². The first-order valence-corrected chi connectivity index (χ1v) is 11.5. The minimum Gasteiger partial charge on any atom is -0.354 e. The number of nitrogens with one attached hydrogen (secondary N) is 2. The van der Waals surface area contributed by atoms with Gasteiger partial charge in [0.15, 0.2) is 5.65 Å². The smallest absolute Gasteiger partial charge is 0.267 e. The predicted octanol–water partition coefficient (Wildman–Crippen LogP) is 4.98. The molecule has 3 aromatic carbocycles. The van der Waals surface area contributed by atoms with Gasteiger partial charge in [0.25, 0.3) is 5.56 Å². The molecule has 0 atom stereocenters. The van der Waals surface area contributed by atoms with Gasteiger partial charge in [0, 0.05) is 18.9 Å². The highest BCUT2D eigenvalue weighted by atomic mass is 16.1. The summed E-state index contributed by atoms with van der Waals surface area (Å²) >= 11 is 0. The summed E-state index contributed by atoms with van der Waals surface area (Å²) in [5.41, 5.74) is 5.29. The maximum Gasteiger partial charge on any atom is 0.267 e. The van der Waals surface area contributed by atoms with Crippen LogP contribution in [0.2, 0.25) is 0 Å². The van der Waals surface area contributed by atoms with Gasteiger partial charge in [0.2, 0.25) is 5.95 Å². The highest BCUT2D eigenvalue weighted by molar-refractivity contribution is 6.02. The summed E-state index contributed by atoms with van der Waals surface area (Å²) in [5, 5.41) is 11.6. The van der Waals surface area contributed by atoms with Gasteiger partial charge >= 0.3 is 0 Å². The zero-order chi connectivity index (χ0) is 23.6. The van der Waals surface area contributed by atoms with Crippen molar-refractivity contribution in [2.45, 2.75) is 6.42 Å². The van der Waals surface area contributed by atoms with Crippen molar-refractivity contribution >= 4 is 27.9 Å². The molecule has 6 rings (SSSR count). The molecule has 35 heavy (non-hydrogen) atoms. The fourth-order valence-corrected chi connectivity index (χ4v) is 4.30. The van der Waals surface area contributed by atoms with Gasteiger partial charge in [-0.2, -0.15) is 10.1 Å². The highest BCUT2D eigenvalue weighted by Gasteiger charge is 2.16. The lowest BCUT2D eigenvalue weighted by molar-refractivity contribution is 0.973. The van der Waals surface area contributed by atoms with Crippen LogP contribution in [0.25, 0.3) is 38.8 Å². The van der Waals surface area contributed by atoms with Gasteiger partial charge in [0.05, 0.1) is 16.5 Å². The third-order valence-electron chi connectivity index (χ3n) is 6.08. The largest absolute Gasteiger partial charge is 0.354 e. The number of aromatic nitrogens is 5. The summed E-state index contributed by atoms with van der Waals surface area (Å²) in [7, 11) is 0. The van der Waals surface area contributed by atoms with Crippen LogP contribution < -0.4 is 10.9 Å². The van der Waals surface area contributed by atoms with Gasteiger partial charge in [-0.05, 0) is 35.2 Å². The number of hydrogen-bond donors (Lipinski definition) is 2. The average molecular weight is 459 g/mol. The number of pyridine rings is 1. The normalized spacial score (nSPS) is 11.2. The molecule has 0 spiro atoms. The van der Waals surface area contributed by atoms with Crippen LogP contribution in [0.3, 0.4) is 0 Å². The van der Waals surface area contributed by atoms with E-state index in [9.17, 15) is 4.79 Å². The van der Waals surface area contributed by atoms with E-state index in [1.54, 1.807) is 17.0 Å². The SMILES string of the molecule is O=c1c2c[nH]nc2c2cnc(NCCc3ccc(-c4ccccc4)cc3)nc2n1-c1ccccc1. The van der Waals surface area contributed by atoms with Crippen molar-refractivity contribution in [1.82, 2.24) is 24.7 Å². The number of rotatable bonds is 6. The Balaban J connectivity index is 1.27. The number of fused-ring (bicyclic) bond motifs is 3. The van der Waals surface area contributed by atoms with Crippen LogP contribution in [0.1, 0.15) is 5.56 Å². The minimum absolute atomic E-state index is 0.171. The summed E-state index contributed by atoms with van der Waals surface area (Å²) in [6.45, 7) is 0.663. The number of anilines is 1. The zero-order valence-corrected chi connectivity index (χ0v) is 18.8. The topological polar surface area (TPSA) is 88.5 Å². The van der Waals surface area contributed by atoms with Crippen molar-refractivity contribution in [3.05, 3.63) is 113 Å². The molecule has 0 saturated carbocycles. The molecular weight excluding hydrogens is 436 g/mol. The monoisotopic (exact) mass is 458 g/mol. The molecule has 170 valence electrons. The molecule has 0 amide bonds. The third kappa shape index (κ3) is 3.93. The van der Waals surface area contributed by atoms with Gasteiger partial charge < -0.3 is 5.32 Å². The van der Waals surface area contributed by atoms with Crippen LogP contribution in [0.5, 0.6) is 0 Å². The Morgan fingerprint density at radius 3 is 2.31 bits per heavy atom. The average Bonchev–Trinajstić information content (AvgIpc) is 3.41. The molecule has 2 N–H and O–H groups in total. The third-order valence-corrected chi connectivity index (χ3v) is 6.08. The minimum atomic E-state index is -0.171. The Labute approximate surface area is 201 Å². The van der Waals surface area contributed by atoms with Crippen molar-refractivity contribution in [2.75, 3.05) is 11.9 Å². The van der Waals surface area contributed by atoms with E-state index in [2.05, 4.69) is 56.9 Å². The van der Waals surface area contributed by atoms with E-state index in [4.69, 9.17) is 4.98 Å². The summed E-state index contributed by atoms with van der Waals surface area (Å²) in [5.74, 6) is 0.470. The summed E-state index contributed by atoms with van der Waals surface area (Å²) < 4.78 is 1.61. The number of para-hydroxylation sites is 1. The fraction of sp³-hybridized carbons (Fsp3) is 0.0714. The lowest BCUT2D eigenvalue weighted by Crippen LogP contribution is -2.20. The van der Waals surface area contributed by atoms with Gasteiger partial charge in [-0.1, -0.05) is 72.8 Å². The predicted molar refractivity (Wildman–Crippen MR) is 139 cm³/mol. The molecule has 7 heteroatoms. The second kappa shape index (κ2) is 8.87. The highest BCUT2D eigenvalue weighted by Crippen LogP contribution is 2.23. The number of H-pyrrole nitrogens is 1. The molecule has 0 aliphatic rings. The molecule has 3 aromatic heterocycles. The van der Waals surface area contributed by atoms with Gasteiger partial charge in [-0.25, -0.2) is 4.98 Å². The fourth-order valence-electron chi connectivity index (χ4n) is 4.30. The zero-order valence-electron chi connectivity index (χ0n) is 18.8. The molecule has 0 saturated heterocycles. The van der Waals surface area contributed by atoms with Crippen molar-refractivity contribution in [3.8, 4) is 16.8 Å². The van der Waals surface area contributed by atoms with E-state index in [0.717, 1.165) is 12.1 Å². The summed E-state index contributed by atoms with van der Waals surface area (Å²) in [6.07, 6.45) is 4.16. The van der Waals surface area contributed by atoms with Gasteiger partial charge in [-0.3, -0.25) is 14.5 Å². The molecule has 7 nitrogen and oxygen atoms in total. The van der Waals surface area contributed by atoms with Crippen molar-refractivity contribution in [2.24, 2.45) is 0 Å². The number of aromatic amines is 1. The van der Waals surface area contributed by atoms with E-state index in [-0.39, 0.29) is 5.56 Å². The Kier molecular flexibility index (Phi) is 5.27. The van der Waals surface area contributed by atoms with Crippen molar-refractivity contribution in [3.63, 3.8) is 0 Å². The number of benzene rings is 3. The summed E-state index contributed by atoms with van der Waals surface area (Å²) in [4.78, 5) is 22.5. The van der Waals surface area contributed by atoms with Crippen LogP contribution >= 0.6 is 0 Å². The Morgan fingerprint density at radius 1 is 0.829 bits per heavy atom. The van der Waals surface area contributed by atoms with Gasteiger partial charge in [0.1, 0.15) is 5.52 Å². The van der Waals surface area contributed by atoms with Crippen LogP contribution in [0.4, 0.5) is 5.95 Å². The second-order valence-corrected chi connectivity index (χ2v) is 8.29. The lowest BCUT2D eigenvalue weighted by Gasteiger charge is -2.12. The Bertz CT molecular complexity index is 1670. The molecule has 0 radical (unpaired) electrons. The van der Waals surface area contributed by atoms with E-state index >= 15 is 0 Å². The number of hydrogen-bond acceptors (Lipinski definition) is 5. The Morgan fingerprint density at radius 2 is 1.54 bits per heavy atom. The van der Waals surface area contributed by atoms with E-state index in [1.165, 1.54) is 16.7 Å².